The van der Waals surface area contributed by atoms with Gasteiger partial charge < -0.3 is 5.73 Å². The fourth-order valence-electron chi connectivity index (χ4n) is 2.30. The van der Waals surface area contributed by atoms with E-state index in [2.05, 4.69) is 4.98 Å². The van der Waals surface area contributed by atoms with Crippen molar-refractivity contribution in [2.45, 2.75) is 6.04 Å². The van der Waals surface area contributed by atoms with Crippen LogP contribution in [-0.2, 0) is 0 Å². The number of fused-ring (bicyclic) bond motifs is 1. The zero-order valence-electron chi connectivity index (χ0n) is 10.7. The molecule has 1 atom stereocenters. The van der Waals surface area contributed by atoms with Gasteiger partial charge in [-0.3, -0.25) is 19.5 Å². The molecule has 1 aromatic heterocycles. The minimum Gasteiger partial charge on any atom is -0.322 e. The molecule has 2 amide bonds. The summed E-state index contributed by atoms with van der Waals surface area (Å²) in [6, 6.07) is 10.6. The standard InChI is InChI=1S/C15H13N3O2/c16-13(10-4-2-1-3-5-10)9-18-14(19)11-6-7-17-8-12(11)15(18)20/h1-8,13H,9,16H2. The van der Waals surface area contributed by atoms with Crippen LogP contribution in [0.4, 0.5) is 0 Å². The summed E-state index contributed by atoms with van der Waals surface area (Å²) in [6.07, 6.45) is 2.92. The Bertz CT molecular complexity index is 635. The van der Waals surface area contributed by atoms with Gasteiger partial charge in [0.15, 0.2) is 0 Å². The van der Waals surface area contributed by atoms with Crippen molar-refractivity contribution in [3.63, 3.8) is 0 Å². The Morgan fingerprint density at radius 3 is 2.45 bits per heavy atom. The van der Waals surface area contributed by atoms with Crippen molar-refractivity contribution in [3.8, 4) is 0 Å². The maximum absolute atomic E-state index is 12.2. The van der Waals surface area contributed by atoms with Crippen LogP contribution in [0.2, 0.25) is 0 Å². The number of nitrogens with zero attached hydrogens (tertiary/aromatic N) is 2. The predicted molar refractivity (Wildman–Crippen MR) is 73.0 cm³/mol. The van der Waals surface area contributed by atoms with E-state index in [-0.39, 0.29) is 18.4 Å². The van der Waals surface area contributed by atoms with Crippen LogP contribution in [0.5, 0.6) is 0 Å². The maximum Gasteiger partial charge on any atom is 0.263 e. The molecular weight excluding hydrogens is 254 g/mol. The average Bonchev–Trinajstić information content (AvgIpc) is 2.74. The minimum atomic E-state index is -0.397. The van der Waals surface area contributed by atoms with Crippen molar-refractivity contribution in [2.24, 2.45) is 5.73 Å². The topological polar surface area (TPSA) is 76.3 Å². The van der Waals surface area contributed by atoms with Crippen LogP contribution < -0.4 is 5.73 Å². The van der Waals surface area contributed by atoms with Crippen molar-refractivity contribution in [1.29, 1.82) is 0 Å². The van der Waals surface area contributed by atoms with Crippen LogP contribution >= 0.6 is 0 Å². The zero-order valence-corrected chi connectivity index (χ0v) is 10.7. The summed E-state index contributed by atoms with van der Waals surface area (Å²) in [6.45, 7) is 0.163. The monoisotopic (exact) mass is 267 g/mol. The van der Waals surface area contributed by atoms with E-state index in [1.165, 1.54) is 17.3 Å². The predicted octanol–water partition coefficient (Wildman–Crippen LogP) is 1.38. The summed E-state index contributed by atoms with van der Waals surface area (Å²) in [5.74, 6) is -0.636. The Kier molecular flexibility index (Phi) is 3.04. The van der Waals surface area contributed by atoms with Gasteiger partial charge >= 0.3 is 0 Å². The lowest BCUT2D eigenvalue weighted by Gasteiger charge is -2.19. The van der Waals surface area contributed by atoms with Gasteiger partial charge in [0, 0.05) is 25.0 Å². The number of amides is 2. The fraction of sp³-hybridized carbons (Fsp3) is 0.133. The second-order valence-corrected chi connectivity index (χ2v) is 4.66. The van der Waals surface area contributed by atoms with Crippen LogP contribution in [0.1, 0.15) is 32.3 Å². The molecule has 1 aliphatic heterocycles. The largest absolute Gasteiger partial charge is 0.322 e. The van der Waals surface area contributed by atoms with Gasteiger partial charge in [-0.15, -0.1) is 0 Å². The van der Waals surface area contributed by atoms with Crippen LogP contribution in [0, 0.1) is 0 Å². The average molecular weight is 267 g/mol. The third kappa shape index (κ3) is 1.98. The van der Waals surface area contributed by atoms with Crippen molar-refractivity contribution >= 4 is 11.8 Å². The van der Waals surface area contributed by atoms with E-state index in [0.29, 0.717) is 11.1 Å². The molecule has 0 bridgehead atoms. The number of hydrogen-bond donors (Lipinski definition) is 1. The molecule has 0 radical (unpaired) electrons. The van der Waals surface area contributed by atoms with Crippen LogP contribution in [0.25, 0.3) is 0 Å². The fourth-order valence-corrected chi connectivity index (χ4v) is 2.30. The minimum absolute atomic E-state index is 0.163. The van der Waals surface area contributed by atoms with Gasteiger partial charge in [-0.25, -0.2) is 0 Å². The second kappa shape index (κ2) is 4.86. The van der Waals surface area contributed by atoms with E-state index in [4.69, 9.17) is 5.73 Å². The van der Waals surface area contributed by atoms with Crippen molar-refractivity contribution < 1.29 is 9.59 Å². The first kappa shape index (κ1) is 12.5. The number of carbonyl (C=O) groups excluding carboxylic acids is 2. The highest BCUT2D eigenvalue weighted by atomic mass is 16.2. The maximum atomic E-state index is 12.2. The molecule has 20 heavy (non-hydrogen) atoms. The van der Waals surface area contributed by atoms with Crippen molar-refractivity contribution in [1.82, 2.24) is 9.88 Å². The van der Waals surface area contributed by atoms with E-state index in [1.54, 1.807) is 6.07 Å². The molecule has 0 aliphatic carbocycles. The van der Waals surface area contributed by atoms with Gasteiger partial charge in [-0.1, -0.05) is 30.3 Å². The lowest BCUT2D eigenvalue weighted by Crippen LogP contribution is -2.36. The van der Waals surface area contributed by atoms with Crippen LogP contribution in [-0.4, -0.2) is 28.2 Å². The number of aromatic nitrogens is 1. The van der Waals surface area contributed by atoms with E-state index in [1.807, 2.05) is 30.3 Å². The summed E-state index contributed by atoms with van der Waals surface area (Å²) in [5, 5.41) is 0. The SMILES string of the molecule is NC(CN1C(=O)c2ccncc2C1=O)c1ccccc1. The van der Waals surface area contributed by atoms with Gasteiger partial charge in [-0.2, -0.15) is 0 Å². The Morgan fingerprint density at radius 1 is 1.05 bits per heavy atom. The number of rotatable bonds is 3. The normalized spacial score (nSPS) is 15.3. The molecule has 0 fully saturated rings. The highest BCUT2D eigenvalue weighted by molar-refractivity contribution is 6.21. The summed E-state index contributed by atoms with van der Waals surface area (Å²) in [4.78, 5) is 29.4. The molecule has 2 aromatic rings. The van der Waals surface area contributed by atoms with Crippen molar-refractivity contribution in [3.05, 3.63) is 65.5 Å². The highest BCUT2D eigenvalue weighted by Gasteiger charge is 2.36. The van der Waals surface area contributed by atoms with Gasteiger partial charge in [0.2, 0.25) is 0 Å². The van der Waals surface area contributed by atoms with E-state index >= 15 is 0 Å². The molecular formula is C15H13N3O2. The Labute approximate surface area is 116 Å². The molecule has 1 aliphatic rings. The Morgan fingerprint density at radius 2 is 1.75 bits per heavy atom. The summed E-state index contributed by atoms with van der Waals surface area (Å²) < 4.78 is 0. The molecule has 1 aromatic carbocycles. The molecule has 5 nitrogen and oxygen atoms in total. The Balaban J connectivity index is 1.84. The number of hydrogen-bond acceptors (Lipinski definition) is 4. The first-order valence-electron chi connectivity index (χ1n) is 6.29. The summed E-state index contributed by atoms with van der Waals surface area (Å²) >= 11 is 0. The Hall–Kier alpha value is -2.53. The number of pyridine rings is 1. The summed E-state index contributed by atoms with van der Waals surface area (Å²) in [7, 11) is 0. The number of imide groups is 1. The molecule has 100 valence electrons. The number of carbonyl (C=O) groups is 2. The molecule has 5 heteroatoms. The van der Waals surface area contributed by atoms with E-state index in [9.17, 15) is 9.59 Å². The number of benzene rings is 1. The van der Waals surface area contributed by atoms with Gasteiger partial charge in [0.05, 0.1) is 11.1 Å². The smallest absolute Gasteiger partial charge is 0.263 e. The van der Waals surface area contributed by atoms with Gasteiger partial charge in [0.1, 0.15) is 0 Å². The number of nitrogens with two attached hydrogens (primary N) is 1. The van der Waals surface area contributed by atoms with Crippen LogP contribution in [0.15, 0.2) is 48.8 Å². The highest BCUT2D eigenvalue weighted by Crippen LogP contribution is 2.23. The van der Waals surface area contributed by atoms with E-state index in [0.717, 1.165) is 5.56 Å². The summed E-state index contributed by atoms with van der Waals surface area (Å²) in [5.41, 5.74) is 7.70. The zero-order chi connectivity index (χ0) is 14.1. The van der Waals surface area contributed by atoms with E-state index < -0.39 is 6.04 Å². The quantitative estimate of drug-likeness (QED) is 0.852. The molecule has 2 N–H and O–H groups in total. The molecule has 0 spiro atoms. The lowest BCUT2D eigenvalue weighted by molar-refractivity contribution is 0.0644. The molecule has 0 saturated carbocycles. The molecule has 0 saturated heterocycles. The third-order valence-electron chi connectivity index (χ3n) is 3.38. The third-order valence-corrected chi connectivity index (χ3v) is 3.38. The van der Waals surface area contributed by atoms with Crippen molar-refractivity contribution in [2.75, 3.05) is 6.54 Å². The molecule has 1 unspecified atom stereocenters. The molecule has 2 heterocycles. The first-order chi connectivity index (χ1) is 9.68. The van der Waals surface area contributed by atoms with Gasteiger partial charge in [-0.05, 0) is 11.6 Å². The lowest BCUT2D eigenvalue weighted by atomic mass is 10.1. The van der Waals surface area contributed by atoms with Crippen LogP contribution in [0.3, 0.4) is 0 Å². The second-order valence-electron chi connectivity index (χ2n) is 4.66. The van der Waals surface area contributed by atoms with Gasteiger partial charge in [0.25, 0.3) is 11.8 Å². The molecule has 3 rings (SSSR count). The first-order valence-corrected chi connectivity index (χ1v) is 6.29.